The Labute approximate surface area is 131 Å². The van der Waals surface area contributed by atoms with Crippen molar-refractivity contribution < 1.29 is 4.74 Å². The highest BCUT2D eigenvalue weighted by molar-refractivity contribution is 5.58. The molecule has 0 bridgehead atoms. The number of hydrogen-bond acceptors (Lipinski definition) is 5. The number of benzene rings is 1. The van der Waals surface area contributed by atoms with E-state index in [0.717, 1.165) is 36.3 Å². The van der Waals surface area contributed by atoms with Gasteiger partial charge in [-0.15, -0.1) is 0 Å². The molecule has 5 heteroatoms. The fourth-order valence-corrected chi connectivity index (χ4v) is 2.61. The van der Waals surface area contributed by atoms with Crippen LogP contribution in [-0.4, -0.2) is 29.7 Å². The number of nitrogens with one attached hydrogen (secondary N) is 1. The third kappa shape index (κ3) is 3.67. The molecule has 3 rings (SSSR count). The first kappa shape index (κ1) is 14.6. The first-order valence-corrected chi connectivity index (χ1v) is 7.93. The molecule has 0 spiro atoms. The molecule has 5 nitrogen and oxygen atoms in total. The fourth-order valence-electron chi connectivity index (χ4n) is 2.61. The van der Waals surface area contributed by atoms with Gasteiger partial charge in [0.05, 0.1) is 6.61 Å². The molecule has 0 unspecified atom stereocenters. The smallest absolute Gasteiger partial charge is 0.227 e. The molecule has 1 aliphatic rings. The third-order valence-electron chi connectivity index (χ3n) is 3.72. The fraction of sp³-hybridized carbons (Fsp3) is 0.412. The number of anilines is 3. The average molecular weight is 298 g/mol. The summed E-state index contributed by atoms with van der Waals surface area (Å²) < 4.78 is 5.45. The van der Waals surface area contributed by atoms with Gasteiger partial charge in [0.2, 0.25) is 5.95 Å². The van der Waals surface area contributed by atoms with Gasteiger partial charge in [-0.3, -0.25) is 0 Å². The van der Waals surface area contributed by atoms with Crippen LogP contribution in [-0.2, 0) is 0 Å². The van der Waals surface area contributed by atoms with Crippen LogP contribution in [0, 0.1) is 0 Å². The lowest BCUT2D eigenvalue weighted by molar-refractivity contribution is 0.340. The van der Waals surface area contributed by atoms with Crippen molar-refractivity contribution in [2.24, 2.45) is 0 Å². The summed E-state index contributed by atoms with van der Waals surface area (Å²) in [4.78, 5) is 11.3. The maximum absolute atomic E-state index is 5.45. The Hall–Kier alpha value is -2.30. The van der Waals surface area contributed by atoms with Crippen molar-refractivity contribution >= 4 is 17.5 Å². The van der Waals surface area contributed by atoms with Gasteiger partial charge in [-0.1, -0.05) is 0 Å². The molecule has 1 aliphatic heterocycles. The van der Waals surface area contributed by atoms with Gasteiger partial charge in [0.15, 0.2) is 0 Å². The topological polar surface area (TPSA) is 50.3 Å². The molecule has 0 atom stereocenters. The number of piperidine rings is 1. The van der Waals surface area contributed by atoms with Crippen molar-refractivity contribution in [3.63, 3.8) is 0 Å². The van der Waals surface area contributed by atoms with E-state index in [-0.39, 0.29) is 0 Å². The molecule has 1 saturated heterocycles. The zero-order valence-corrected chi connectivity index (χ0v) is 13.0. The highest BCUT2D eigenvalue weighted by atomic mass is 16.5. The second-order valence-corrected chi connectivity index (χ2v) is 5.37. The van der Waals surface area contributed by atoms with Crippen LogP contribution in [0.25, 0.3) is 0 Å². The Bertz CT molecular complexity index is 594. The Morgan fingerprint density at radius 1 is 1.09 bits per heavy atom. The SMILES string of the molecule is CCOc1ccc(Nc2ccnc(N3CCCCC3)n2)cc1. The van der Waals surface area contributed by atoms with Gasteiger partial charge in [-0.25, -0.2) is 4.98 Å². The van der Waals surface area contributed by atoms with Gasteiger partial charge in [-0.05, 0) is 56.5 Å². The summed E-state index contributed by atoms with van der Waals surface area (Å²) >= 11 is 0. The summed E-state index contributed by atoms with van der Waals surface area (Å²) in [5.74, 6) is 2.51. The minimum atomic E-state index is 0.678. The lowest BCUT2D eigenvalue weighted by Crippen LogP contribution is -2.31. The molecular formula is C17H22N4O. The highest BCUT2D eigenvalue weighted by Gasteiger charge is 2.13. The lowest BCUT2D eigenvalue weighted by Gasteiger charge is -2.26. The third-order valence-corrected chi connectivity index (χ3v) is 3.72. The summed E-state index contributed by atoms with van der Waals surface area (Å²) in [7, 11) is 0. The van der Waals surface area contributed by atoms with Gasteiger partial charge in [0.25, 0.3) is 0 Å². The van der Waals surface area contributed by atoms with Crippen LogP contribution in [0.4, 0.5) is 17.5 Å². The van der Waals surface area contributed by atoms with Crippen molar-refractivity contribution in [2.75, 3.05) is 29.9 Å². The van der Waals surface area contributed by atoms with E-state index in [0.29, 0.717) is 6.61 Å². The van der Waals surface area contributed by atoms with Crippen molar-refractivity contribution in [3.05, 3.63) is 36.5 Å². The summed E-state index contributed by atoms with van der Waals surface area (Å²) in [6.45, 7) is 4.76. The molecule has 0 aliphatic carbocycles. The molecule has 0 saturated carbocycles. The Morgan fingerprint density at radius 3 is 2.59 bits per heavy atom. The maximum atomic E-state index is 5.45. The molecule has 0 amide bonds. The Kier molecular flexibility index (Phi) is 4.73. The summed E-state index contributed by atoms with van der Waals surface area (Å²) in [6.07, 6.45) is 5.56. The lowest BCUT2D eigenvalue weighted by atomic mass is 10.1. The summed E-state index contributed by atoms with van der Waals surface area (Å²) in [5, 5.41) is 3.32. The highest BCUT2D eigenvalue weighted by Crippen LogP contribution is 2.21. The van der Waals surface area contributed by atoms with Gasteiger partial charge in [0, 0.05) is 25.0 Å². The van der Waals surface area contributed by atoms with Crippen LogP contribution in [0.15, 0.2) is 36.5 Å². The number of rotatable bonds is 5. The van der Waals surface area contributed by atoms with Crippen LogP contribution >= 0.6 is 0 Å². The van der Waals surface area contributed by atoms with Crippen molar-refractivity contribution in [2.45, 2.75) is 26.2 Å². The molecule has 22 heavy (non-hydrogen) atoms. The molecule has 1 aromatic carbocycles. The van der Waals surface area contributed by atoms with E-state index in [4.69, 9.17) is 4.74 Å². The standard InChI is InChI=1S/C17H22N4O/c1-2-22-15-8-6-14(7-9-15)19-16-10-11-18-17(20-16)21-12-4-3-5-13-21/h6-11H,2-5,12-13H2,1H3,(H,18,19,20). The van der Waals surface area contributed by atoms with Crippen molar-refractivity contribution in [3.8, 4) is 5.75 Å². The zero-order valence-electron chi connectivity index (χ0n) is 13.0. The molecule has 1 fully saturated rings. The van der Waals surface area contributed by atoms with Gasteiger partial charge >= 0.3 is 0 Å². The maximum Gasteiger partial charge on any atom is 0.227 e. The Balaban J connectivity index is 1.69. The van der Waals surface area contributed by atoms with E-state index in [1.54, 1.807) is 0 Å². The van der Waals surface area contributed by atoms with E-state index < -0.39 is 0 Å². The predicted octanol–water partition coefficient (Wildman–Crippen LogP) is 3.61. The van der Waals surface area contributed by atoms with Crippen molar-refractivity contribution in [1.82, 2.24) is 9.97 Å². The van der Waals surface area contributed by atoms with Crippen LogP contribution in [0.2, 0.25) is 0 Å². The predicted molar refractivity (Wildman–Crippen MR) is 89.0 cm³/mol. The zero-order chi connectivity index (χ0) is 15.2. The van der Waals surface area contributed by atoms with E-state index in [9.17, 15) is 0 Å². The number of hydrogen-bond donors (Lipinski definition) is 1. The van der Waals surface area contributed by atoms with E-state index in [2.05, 4.69) is 20.2 Å². The minimum Gasteiger partial charge on any atom is -0.494 e. The number of nitrogens with zero attached hydrogens (tertiary/aromatic N) is 3. The minimum absolute atomic E-state index is 0.678. The van der Waals surface area contributed by atoms with E-state index in [1.165, 1.54) is 19.3 Å². The largest absolute Gasteiger partial charge is 0.494 e. The van der Waals surface area contributed by atoms with E-state index in [1.807, 2.05) is 43.5 Å². The van der Waals surface area contributed by atoms with Crippen LogP contribution in [0.5, 0.6) is 5.75 Å². The second kappa shape index (κ2) is 7.11. The summed E-state index contributed by atoms with van der Waals surface area (Å²) in [6, 6.07) is 9.79. The van der Waals surface area contributed by atoms with Gasteiger partial charge in [-0.2, -0.15) is 4.98 Å². The van der Waals surface area contributed by atoms with E-state index >= 15 is 0 Å². The molecule has 2 heterocycles. The van der Waals surface area contributed by atoms with Gasteiger partial charge < -0.3 is 15.0 Å². The number of aromatic nitrogens is 2. The molecular weight excluding hydrogens is 276 g/mol. The molecule has 2 aromatic rings. The van der Waals surface area contributed by atoms with Crippen molar-refractivity contribution in [1.29, 1.82) is 0 Å². The monoisotopic (exact) mass is 298 g/mol. The average Bonchev–Trinajstić information content (AvgIpc) is 2.58. The van der Waals surface area contributed by atoms with Crippen LogP contribution in [0.3, 0.4) is 0 Å². The second-order valence-electron chi connectivity index (χ2n) is 5.37. The summed E-state index contributed by atoms with van der Waals surface area (Å²) in [5.41, 5.74) is 0.992. The Morgan fingerprint density at radius 2 is 1.86 bits per heavy atom. The molecule has 0 radical (unpaired) electrons. The normalized spacial score (nSPS) is 14.7. The molecule has 1 N–H and O–H groups in total. The first-order chi connectivity index (χ1) is 10.8. The number of ether oxygens (including phenoxy) is 1. The quantitative estimate of drug-likeness (QED) is 0.914. The van der Waals surface area contributed by atoms with Gasteiger partial charge in [0.1, 0.15) is 11.6 Å². The molecule has 1 aromatic heterocycles. The first-order valence-electron chi connectivity index (χ1n) is 7.93. The molecule has 116 valence electrons. The van der Waals surface area contributed by atoms with Crippen LogP contribution < -0.4 is 15.0 Å². The van der Waals surface area contributed by atoms with Crippen LogP contribution in [0.1, 0.15) is 26.2 Å².